The largest absolute Gasteiger partial charge is 0.508 e. The van der Waals surface area contributed by atoms with Gasteiger partial charge in [-0.1, -0.05) is 35.3 Å². The number of benzene rings is 2. The van der Waals surface area contributed by atoms with Crippen molar-refractivity contribution >= 4 is 29.1 Å². The van der Waals surface area contributed by atoms with Crippen LogP contribution < -0.4 is 0 Å². The van der Waals surface area contributed by atoms with Crippen molar-refractivity contribution in [1.29, 1.82) is 0 Å². The van der Waals surface area contributed by atoms with Gasteiger partial charge in [0.25, 0.3) is 5.91 Å². The van der Waals surface area contributed by atoms with Crippen molar-refractivity contribution in [3.63, 3.8) is 0 Å². The van der Waals surface area contributed by atoms with Crippen LogP contribution in [0.3, 0.4) is 0 Å². The Balaban J connectivity index is 1.69. The maximum Gasteiger partial charge on any atom is 0.254 e. The Kier molecular flexibility index (Phi) is 5.31. The van der Waals surface area contributed by atoms with Gasteiger partial charge in [0, 0.05) is 24.2 Å². The molecular weight excluding hydrogens is 383 g/mol. The maximum absolute atomic E-state index is 13.3. The molecule has 1 fully saturated rings. The molecule has 27 heavy (non-hydrogen) atoms. The first-order chi connectivity index (χ1) is 13.0. The SMILES string of the molecule is O=C(c1ccc(Cl)c(Cl)c1)N1CCc2c(O)cccc2C1CN1CCCC1. The van der Waals surface area contributed by atoms with E-state index in [9.17, 15) is 9.90 Å². The van der Waals surface area contributed by atoms with Gasteiger partial charge in [0.15, 0.2) is 0 Å². The number of likely N-dealkylation sites (tertiary alicyclic amines) is 1. The van der Waals surface area contributed by atoms with Gasteiger partial charge in [0.1, 0.15) is 5.75 Å². The van der Waals surface area contributed by atoms with Gasteiger partial charge in [-0.2, -0.15) is 0 Å². The van der Waals surface area contributed by atoms with Gasteiger partial charge in [-0.05, 0) is 62.2 Å². The van der Waals surface area contributed by atoms with Gasteiger partial charge < -0.3 is 14.9 Å². The zero-order chi connectivity index (χ0) is 19.0. The van der Waals surface area contributed by atoms with Gasteiger partial charge in [-0.3, -0.25) is 4.79 Å². The summed E-state index contributed by atoms with van der Waals surface area (Å²) in [6.45, 7) is 3.46. The predicted molar refractivity (Wildman–Crippen MR) is 108 cm³/mol. The minimum Gasteiger partial charge on any atom is -0.508 e. The molecule has 4 rings (SSSR count). The third-order valence-electron chi connectivity index (χ3n) is 5.58. The molecule has 6 heteroatoms. The van der Waals surface area contributed by atoms with Crippen molar-refractivity contribution in [1.82, 2.24) is 9.80 Å². The van der Waals surface area contributed by atoms with Crippen LogP contribution >= 0.6 is 23.2 Å². The minimum absolute atomic E-state index is 0.0493. The van der Waals surface area contributed by atoms with Crippen molar-refractivity contribution in [2.45, 2.75) is 25.3 Å². The lowest BCUT2D eigenvalue weighted by Crippen LogP contribution is -2.44. The first-order valence-electron chi connectivity index (χ1n) is 9.33. The molecule has 0 saturated carbocycles. The van der Waals surface area contributed by atoms with Gasteiger partial charge in [0.05, 0.1) is 16.1 Å². The molecule has 0 radical (unpaired) electrons. The van der Waals surface area contributed by atoms with Crippen molar-refractivity contribution < 1.29 is 9.90 Å². The summed E-state index contributed by atoms with van der Waals surface area (Å²) in [6.07, 6.45) is 3.03. The second kappa shape index (κ2) is 7.70. The number of nitrogens with zero attached hydrogens (tertiary/aromatic N) is 2. The summed E-state index contributed by atoms with van der Waals surface area (Å²) in [6, 6.07) is 10.6. The standard InChI is InChI=1S/C21H22Cl2N2O2/c22-17-7-6-14(12-18(17)23)21(27)25-11-8-16-15(4-3-5-20(16)26)19(25)13-24-9-1-2-10-24/h3-7,12,19,26H,1-2,8-11,13H2. The first-order valence-corrected chi connectivity index (χ1v) is 10.1. The summed E-state index contributed by atoms with van der Waals surface area (Å²) in [5.41, 5.74) is 2.54. The molecule has 4 nitrogen and oxygen atoms in total. The Morgan fingerprint density at radius 1 is 1.07 bits per heavy atom. The van der Waals surface area contributed by atoms with Gasteiger partial charge >= 0.3 is 0 Å². The number of hydrogen-bond acceptors (Lipinski definition) is 3. The molecule has 2 aliphatic heterocycles. The number of hydrogen-bond donors (Lipinski definition) is 1. The van der Waals surface area contributed by atoms with E-state index in [4.69, 9.17) is 23.2 Å². The van der Waals surface area contributed by atoms with Crippen LogP contribution in [-0.2, 0) is 6.42 Å². The fraction of sp³-hybridized carbons (Fsp3) is 0.381. The van der Waals surface area contributed by atoms with E-state index in [1.165, 1.54) is 12.8 Å². The Labute approximate surface area is 169 Å². The number of fused-ring (bicyclic) bond motifs is 1. The van der Waals surface area contributed by atoms with E-state index in [0.717, 1.165) is 30.8 Å². The maximum atomic E-state index is 13.3. The van der Waals surface area contributed by atoms with Gasteiger partial charge in [-0.15, -0.1) is 0 Å². The average molecular weight is 405 g/mol. The van der Waals surface area contributed by atoms with Crippen LogP contribution in [0, 0.1) is 0 Å². The molecule has 2 aliphatic rings. The lowest BCUT2D eigenvalue weighted by atomic mass is 9.90. The number of rotatable bonds is 3. The normalized spacial score (nSPS) is 19.9. The van der Waals surface area contributed by atoms with E-state index < -0.39 is 0 Å². The van der Waals surface area contributed by atoms with Crippen LogP contribution in [-0.4, -0.2) is 47.0 Å². The van der Waals surface area contributed by atoms with Crippen LogP contribution in [0.4, 0.5) is 0 Å². The zero-order valence-electron chi connectivity index (χ0n) is 15.0. The zero-order valence-corrected chi connectivity index (χ0v) is 16.5. The van der Waals surface area contributed by atoms with Crippen LogP contribution in [0.5, 0.6) is 5.75 Å². The third kappa shape index (κ3) is 3.66. The van der Waals surface area contributed by atoms with E-state index in [0.29, 0.717) is 34.3 Å². The molecule has 0 spiro atoms. The van der Waals surface area contributed by atoms with E-state index in [1.54, 1.807) is 24.3 Å². The molecule has 0 bridgehead atoms. The molecule has 2 aromatic rings. The summed E-state index contributed by atoms with van der Waals surface area (Å²) >= 11 is 12.1. The number of halogens is 2. The molecule has 0 aliphatic carbocycles. The van der Waals surface area contributed by atoms with E-state index in [2.05, 4.69) is 4.90 Å². The van der Waals surface area contributed by atoms with Crippen molar-refractivity contribution in [2.75, 3.05) is 26.2 Å². The molecule has 1 atom stereocenters. The smallest absolute Gasteiger partial charge is 0.254 e. The van der Waals surface area contributed by atoms with Crippen LogP contribution in [0.2, 0.25) is 10.0 Å². The molecule has 2 heterocycles. The summed E-state index contributed by atoms with van der Waals surface area (Å²) in [7, 11) is 0. The van der Waals surface area contributed by atoms with E-state index in [1.807, 2.05) is 17.0 Å². The Bertz CT molecular complexity index is 865. The highest BCUT2D eigenvalue weighted by Crippen LogP contribution is 2.36. The summed E-state index contributed by atoms with van der Waals surface area (Å²) in [5, 5.41) is 11.1. The fourth-order valence-electron chi connectivity index (χ4n) is 4.18. The molecule has 1 N–H and O–H groups in total. The predicted octanol–water partition coefficient (Wildman–Crippen LogP) is 4.53. The molecule has 2 aromatic carbocycles. The lowest BCUT2D eigenvalue weighted by Gasteiger charge is -2.39. The van der Waals surface area contributed by atoms with E-state index in [-0.39, 0.29) is 11.9 Å². The Morgan fingerprint density at radius 3 is 2.59 bits per heavy atom. The summed E-state index contributed by atoms with van der Waals surface area (Å²) in [4.78, 5) is 17.6. The highest BCUT2D eigenvalue weighted by atomic mass is 35.5. The highest BCUT2D eigenvalue weighted by Gasteiger charge is 2.34. The first kappa shape index (κ1) is 18.6. The molecule has 142 valence electrons. The van der Waals surface area contributed by atoms with Crippen molar-refractivity contribution in [2.24, 2.45) is 0 Å². The van der Waals surface area contributed by atoms with Crippen LogP contribution in [0.15, 0.2) is 36.4 Å². The summed E-state index contributed by atoms with van der Waals surface area (Å²) in [5.74, 6) is 0.271. The number of carbonyl (C=O) groups is 1. The van der Waals surface area contributed by atoms with Gasteiger partial charge in [0.2, 0.25) is 0 Å². The minimum atomic E-state index is -0.0825. The third-order valence-corrected chi connectivity index (χ3v) is 6.32. The molecule has 0 aromatic heterocycles. The average Bonchev–Trinajstić information content (AvgIpc) is 3.17. The number of phenolic OH excluding ortho intramolecular Hbond substituents is 1. The number of amides is 1. The molecule has 1 unspecified atom stereocenters. The lowest BCUT2D eigenvalue weighted by molar-refractivity contribution is 0.0615. The molecule has 1 amide bonds. The molecular formula is C21H22Cl2N2O2. The van der Waals surface area contributed by atoms with Crippen LogP contribution in [0.25, 0.3) is 0 Å². The number of aromatic hydroxyl groups is 1. The Hall–Kier alpha value is -1.75. The van der Waals surface area contributed by atoms with Gasteiger partial charge in [-0.25, -0.2) is 0 Å². The second-order valence-corrected chi connectivity index (χ2v) is 8.06. The topological polar surface area (TPSA) is 43.8 Å². The Morgan fingerprint density at radius 2 is 1.85 bits per heavy atom. The quantitative estimate of drug-likeness (QED) is 0.816. The number of phenols is 1. The van der Waals surface area contributed by atoms with Crippen molar-refractivity contribution in [3.05, 3.63) is 63.1 Å². The fourth-order valence-corrected chi connectivity index (χ4v) is 4.48. The highest BCUT2D eigenvalue weighted by molar-refractivity contribution is 6.42. The molecule has 1 saturated heterocycles. The second-order valence-electron chi connectivity index (χ2n) is 7.25. The van der Waals surface area contributed by atoms with Crippen LogP contribution in [0.1, 0.15) is 40.4 Å². The van der Waals surface area contributed by atoms with Crippen molar-refractivity contribution in [3.8, 4) is 5.75 Å². The monoisotopic (exact) mass is 404 g/mol. The van der Waals surface area contributed by atoms with E-state index >= 15 is 0 Å². The number of carbonyl (C=O) groups excluding carboxylic acids is 1. The summed E-state index contributed by atoms with van der Waals surface area (Å²) < 4.78 is 0.